The summed E-state index contributed by atoms with van der Waals surface area (Å²) >= 11 is 0. The van der Waals surface area contributed by atoms with Gasteiger partial charge in [0.25, 0.3) is 0 Å². The van der Waals surface area contributed by atoms with Crippen molar-refractivity contribution in [2.24, 2.45) is 0 Å². The van der Waals surface area contributed by atoms with Crippen molar-refractivity contribution >= 4 is 23.2 Å². The summed E-state index contributed by atoms with van der Waals surface area (Å²) in [5, 5.41) is 2.90. The molecule has 6 heteroatoms. The zero-order chi connectivity index (χ0) is 19.5. The molecule has 0 unspecified atom stereocenters. The van der Waals surface area contributed by atoms with Crippen molar-refractivity contribution in [3.05, 3.63) is 78.4 Å². The van der Waals surface area contributed by atoms with Crippen LogP contribution >= 0.6 is 0 Å². The summed E-state index contributed by atoms with van der Waals surface area (Å²) in [6, 6.07) is 15.1. The van der Waals surface area contributed by atoms with Crippen LogP contribution in [-0.2, 0) is 22.4 Å². The van der Waals surface area contributed by atoms with Gasteiger partial charge in [-0.25, -0.2) is 4.98 Å². The van der Waals surface area contributed by atoms with Crippen LogP contribution in [0.2, 0.25) is 0 Å². The fraction of sp³-hybridized carbons (Fsp3) is 0.227. The lowest BCUT2D eigenvalue weighted by Crippen LogP contribution is -2.30. The maximum Gasteiger partial charge on any atom is 0.247 e. The van der Waals surface area contributed by atoms with Gasteiger partial charge in [-0.1, -0.05) is 30.3 Å². The molecule has 1 aliphatic rings. The first-order valence-corrected chi connectivity index (χ1v) is 9.37. The van der Waals surface area contributed by atoms with Gasteiger partial charge in [0.2, 0.25) is 11.8 Å². The molecule has 28 heavy (non-hydrogen) atoms. The molecule has 0 aliphatic carbocycles. The quantitative estimate of drug-likeness (QED) is 0.746. The fourth-order valence-electron chi connectivity index (χ4n) is 3.45. The molecule has 2 heterocycles. The third-order valence-corrected chi connectivity index (χ3v) is 5.12. The second kappa shape index (κ2) is 7.68. The molecule has 1 atom stereocenters. The maximum absolute atomic E-state index is 12.7. The highest BCUT2D eigenvalue weighted by Crippen LogP contribution is 2.28. The van der Waals surface area contributed by atoms with Crippen molar-refractivity contribution in [2.45, 2.75) is 25.8 Å². The minimum absolute atomic E-state index is 0.0930. The van der Waals surface area contributed by atoms with E-state index in [0.29, 0.717) is 12.1 Å². The first-order chi connectivity index (χ1) is 13.6. The van der Waals surface area contributed by atoms with Crippen molar-refractivity contribution in [1.29, 1.82) is 0 Å². The molecule has 6 nitrogen and oxygen atoms in total. The Hall–Kier alpha value is -3.41. The Bertz CT molecular complexity index is 980. The lowest BCUT2D eigenvalue weighted by Gasteiger charge is -2.17. The molecule has 0 saturated carbocycles. The first-order valence-electron chi connectivity index (χ1n) is 9.37. The van der Waals surface area contributed by atoms with Gasteiger partial charge in [-0.2, -0.15) is 0 Å². The molecule has 0 saturated heterocycles. The molecular formula is C22H22N4O2. The summed E-state index contributed by atoms with van der Waals surface area (Å²) < 4.78 is 1.75. The molecule has 0 bridgehead atoms. The average molecular weight is 374 g/mol. The van der Waals surface area contributed by atoms with E-state index in [2.05, 4.69) is 16.4 Å². The van der Waals surface area contributed by atoms with Gasteiger partial charge in [0.05, 0.1) is 12.7 Å². The normalized spacial score (nSPS) is 13.8. The van der Waals surface area contributed by atoms with E-state index >= 15 is 0 Å². The molecule has 2 amide bonds. The second-order valence-corrected chi connectivity index (χ2v) is 6.97. The van der Waals surface area contributed by atoms with Crippen LogP contribution in [0, 0.1) is 0 Å². The SMILES string of the molecule is C[C@H](C(=O)Nc1ccc(CC(=O)N2CCc3ccccc32)cc1)n1ccnc1. The zero-order valence-electron chi connectivity index (χ0n) is 15.7. The summed E-state index contributed by atoms with van der Waals surface area (Å²) in [5.74, 6) is -0.0223. The number of aromatic nitrogens is 2. The Morgan fingerprint density at radius 3 is 2.68 bits per heavy atom. The van der Waals surface area contributed by atoms with Crippen molar-refractivity contribution in [1.82, 2.24) is 9.55 Å². The Morgan fingerprint density at radius 2 is 1.93 bits per heavy atom. The number of amides is 2. The van der Waals surface area contributed by atoms with Gasteiger partial charge in [0.1, 0.15) is 6.04 Å². The van der Waals surface area contributed by atoms with Gasteiger partial charge >= 0.3 is 0 Å². The van der Waals surface area contributed by atoms with E-state index in [1.807, 2.05) is 54.3 Å². The predicted molar refractivity (Wildman–Crippen MR) is 108 cm³/mol. The lowest BCUT2D eigenvalue weighted by molar-refractivity contribution is -0.119. The number of hydrogen-bond acceptors (Lipinski definition) is 3. The van der Waals surface area contributed by atoms with Crippen molar-refractivity contribution in [2.75, 3.05) is 16.8 Å². The molecule has 0 spiro atoms. The average Bonchev–Trinajstić information content (AvgIpc) is 3.39. The minimum atomic E-state index is -0.348. The molecular weight excluding hydrogens is 352 g/mol. The molecule has 142 valence electrons. The number of nitrogens with one attached hydrogen (secondary N) is 1. The standard InChI is InChI=1S/C22H22N4O2/c1-16(25-13-11-23-15-25)22(28)24-19-8-6-17(7-9-19)14-21(27)26-12-10-18-4-2-3-5-20(18)26/h2-9,11,13,15-16H,10,12,14H2,1H3,(H,24,28)/t16-/m1/s1. The number of rotatable bonds is 5. The number of carbonyl (C=O) groups excluding carboxylic acids is 2. The van der Waals surface area contributed by atoms with E-state index in [4.69, 9.17) is 0 Å². The highest BCUT2D eigenvalue weighted by atomic mass is 16.2. The van der Waals surface area contributed by atoms with Crippen molar-refractivity contribution < 1.29 is 9.59 Å². The Balaban J connectivity index is 1.37. The largest absolute Gasteiger partial charge is 0.325 e. The van der Waals surface area contributed by atoms with Crippen LogP contribution in [-0.4, -0.2) is 27.9 Å². The van der Waals surface area contributed by atoms with E-state index in [0.717, 1.165) is 24.2 Å². The van der Waals surface area contributed by atoms with Crippen LogP contribution in [0.5, 0.6) is 0 Å². The van der Waals surface area contributed by atoms with E-state index in [1.54, 1.807) is 23.3 Å². The molecule has 1 aliphatic heterocycles. The van der Waals surface area contributed by atoms with Crippen LogP contribution in [0.25, 0.3) is 0 Å². The molecule has 3 aromatic rings. The summed E-state index contributed by atoms with van der Waals surface area (Å²) in [6.45, 7) is 2.55. The van der Waals surface area contributed by atoms with Crippen LogP contribution in [0.3, 0.4) is 0 Å². The Labute approximate surface area is 163 Å². The van der Waals surface area contributed by atoms with Gasteiger partial charge in [-0.05, 0) is 42.7 Å². The van der Waals surface area contributed by atoms with Crippen LogP contribution in [0.1, 0.15) is 24.1 Å². The fourth-order valence-corrected chi connectivity index (χ4v) is 3.45. The maximum atomic E-state index is 12.7. The molecule has 0 fully saturated rings. The summed E-state index contributed by atoms with van der Waals surface area (Å²) in [5.41, 5.74) is 3.88. The summed E-state index contributed by atoms with van der Waals surface area (Å²) in [6.07, 6.45) is 6.27. The number of benzene rings is 2. The highest BCUT2D eigenvalue weighted by Gasteiger charge is 2.24. The summed E-state index contributed by atoms with van der Waals surface area (Å²) in [7, 11) is 0. The zero-order valence-corrected chi connectivity index (χ0v) is 15.7. The van der Waals surface area contributed by atoms with E-state index in [1.165, 1.54) is 5.56 Å². The second-order valence-electron chi connectivity index (χ2n) is 6.97. The molecule has 1 N–H and O–H groups in total. The number of hydrogen-bond donors (Lipinski definition) is 1. The number of carbonyl (C=O) groups is 2. The van der Waals surface area contributed by atoms with Gasteiger partial charge < -0.3 is 14.8 Å². The third-order valence-electron chi connectivity index (χ3n) is 5.12. The smallest absolute Gasteiger partial charge is 0.247 e. The third kappa shape index (κ3) is 3.67. The van der Waals surface area contributed by atoms with Crippen molar-refractivity contribution in [3.63, 3.8) is 0 Å². The summed E-state index contributed by atoms with van der Waals surface area (Å²) in [4.78, 5) is 30.9. The first kappa shape index (κ1) is 18.0. The predicted octanol–water partition coefficient (Wildman–Crippen LogP) is 3.21. The number of nitrogens with zero attached hydrogens (tertiary/aromatic N) is 3. The van der Waals surface area contributed by atoms with E-state index < -0.39 is 0 Å². The Morgan fingerprint density at radius 1 is 1.14 bits per heavy atom. The van der Waals surface area contributed by atoms with Gasteiger partial charge in [0, 0.05) is 30.3 Å². The molecule has 4 rings (SSSR count). The molecule has 1 aromatic heterocycles. The number of anilines is 2. The lowest BCUT2D eigenvalue weighted by atomic mass is 10.1. The van der Waals surface area contributed by atoms with Gasteiger partial charge in [-0.15, -0.1) is 0 Å². The van der Waals surface area contributed by atoms with Crippen molar-refractivity contribution in [3.8, 4) is 0 Å². The number of fused-ring (bicyclic) bond motifs is 1. The monoisotopic (exact) mass is 374 g/mol. The van der Waals surface area contributed by atoms with Crippen LogP contribution < -0.4 is 10.2 Å². The van der Waals surface area contributed by atoms with Crippen LogP contribution in [0.4, 0.5) is 11.4 Å². The highest BCUT2D eigenvalue weighted by molar-refractivity contribution is 5.97. The van der Waals surface area contributed by atoms with E-state index in [-0.39, 0.29) is 17.9 Å². The van der Waals surface area contributed by atoms with Crippen LogP contribution in [0.15, 0.2) is 67.3 Å². The van der Waals surface area contributed by atoms with Gasteiger partial charge in [0.15, 0.2) is 0 Å². The minimum Gasteiger partial charge on any atom is -0.325 e. The molecule has 2 aromatic carbocycles. The number of imidazole rings is 1. The van der Waals surface area contributed by atoms with E-state index in [9.17, 15) is 9.59 Å². The van der Waals surface area contributed by atoms with Gasteiger partial charge in [-0.3, -0.25) is 9.59 Å². The topological polar surface area (TPSA) is 67.2 Å². The Kier molecular flexibility index (Phi) is 4.93. The number of para-hydroxylation sites is 1. The molecule has 0 radical (unpaired) electrons.